The van der Waals surface area contributed by atoms with Crippen molar-refractivity contribution < 1.29 is 20.1 Å². The normalized spacial score (nSPS) is 8.45. The Balaban J connectivity index is 0. The Morgan fingerprint density at radius 3 is 1.73 bits per heavy atom. The van der Waals surface area contributed by atoms with Gasteiger partial charge in [0, 0.05) is 5.57 Å². The first-order chi connectivity index (χ1) is 4.91. The summed E-state index contributed by atoms with van der Waals surface area (Å²) in [5, 5.41) is 23.7. The Hall–Kier alpha value is -0.870. The highest BCUT2D eigenvalue weighted by Crippen LogP contribution is 1.81. The lowest BCUT2D eigenvalue weighted by molar-refractivity contribution is -0.132. The lowest BCUT2D eigenvalue weighted by Gasteiger charge is -1.90. The minimum Gasteiger partial charge on any atom is -0.478 e. The second kappa shape index (κ2) is 7.24. The Kier molecular flexibility index (Phi) is 8.41. The van der Waals surface area contributed by atoms with Gasteiger partial charge in [0.2, 0.25) is 0 Å². The molecule has 0 unspecified atom stereocenters. The van der Waals surface area contributed by atoms with Gasteiger partial charge in [0.1, 0.15) is 0 Å². The molecule has 4 heteroatoms. The summed E-state index contributed by atoms with van der Waals surface area (Å²) in [6.45, 7) is 6.30. The number of carboxylic acids is 1. The third-order valence-electron chi connectivity index (χ3n) is 0.730. The maximum Gasteiger partial charge on any atom is 0.330 e. The summed E-state index contributed by atoms with van der Waals surface area (Å²) in [7, 11) is 0. The fourth-order valence-corrected chi connectivity index (χ4v) is 0. The second-order valence-electron chi connectivity index (χ2n) is 1.97. The van der Waals surface area contributed by atoms with E-state index >= 15 is 0 Å². The fourth-order valence-electron chi connectivity index (χ4n) is 0. The van der Waals surface area contributed by atoms with Crippen LogP contribution in [0.4, 0.5) is 0 Å². The average molecular weight is 162 g/mol. The highest BCUT2D eigenvalue weighted by atomic mass is 16.5. The molecule has 0 spiro atoms. The van der Waals surface area contributed by atoms with Crippen LogP contribution in [0.25, 0.3) is 0 Å². The van der Waals surface area contributed by atoms with Crippen molar-refractivity contribution in [2.45, 2.75) is 26.6 Å². The number of carbonyl (C=O) groups is 1. The molecule has 4 nitrogen and oxygen atoms in total. The van der Waals surface area contributed by atoms with Crippen LogP contribution in [-0.2, 0) is 4.79 Å². The molecule has 11 heavy (non-hydrogen) atoms. The zero-order valence-electron chi connectivity index (χ0n) is 6.74. The smallest absolute Gasteiger partial charge is 0.330 e. The van der Waals surface area contributed by atoms with Gasteiger partial charge in [0.15, 0.2) is 6.29 Å². The van der Waals surface area contributed by atoms with Gasteiger partial charge in [-0.2, -0.15) is 0 Å². The lowest BCUT2D eigenvalue weighted by atomic mass is 10.4. The van der Waals surface area contributed by atoms with Crippen molar-refractivity contribution in [3.05, 3.63) is 12.2 Å². The number of aliphatic carboxylic acids is 1. The molecule has 0 aromatic rings. The lowest BCUT2D eigenvalue weighted by Crippen LogP contribution is -1.99. The maximum atomic E-state index is 9.60. The molecule has 3 N–H and O–H groups in total. The molecule has 0 aliphatic rings. The van der Waals surface area contributed by atoms with Gasteiger partial charge >= 0.3 is 5.97 Å². The van der Waals surface area contributed by atoms with Gasteiger partial charge in [-0.05, 0) is 13.3 Å². The highest BCUT2D eigenvalue weighted by Gasteiger charge is 1.90. The largest absolute Gasteiger partial charge is 0.478 e. The summed E-state index contributed by atoms with van der Waals surface area (Å²) in [5.41, 5.74) is 0.176. The van der Waals surface area contributed by atoms with E-state index in [1.165, 1.54) is 6.92 Å². The van der Waals surface area contributed by atoms with Gasteiger partial charge < -0.3 is 15.3 Å². The van der Waals surface area contributed by atoms with Crippen molar-refractivity contribution in [2.75, 3.05) is 0 Å². The van der Waals surface area contributed by atoms with Gasteiger partial charge in [0.25, 0.3) is 0 Å². The quantitative estimate of drug-likeness (QED) is 0.404. The van der Waals surface area contributed by atoms with Gasteiger partial charge in [-0.25, -0.2) is 4.79 Å². The topological polar surface area (TPSA) is 77.8 Å². The number of hydrogen-bond acceptors (Lipinski definition) is 3. The second-order valence-corrected chi connectivity index (χ2v) is 1.97. The van der Waals surface area contributed by atoms with Crippen LogP contribution in [0.5, 0.6) is 0 Å². The molecule has 66 valence electrons. The minimum atomic E-state index is -1.12. The molecule has 0 amide bonds. The predicted molar refractivity (Wildman–Crippen MR) is 41.0 cm³/mol. The van der Waals surface area contributed by atoms with Crippen molar-refractivity contribution >= 4 is 5.97 Å². The molecule has 0 aliphatic heterocycles. The Bertz CT molecular complexity index is 116. The first-order valence-electron chi connectivity index (χ1n) is 3.16. The zero-order chi connectivity index (χ0) is 9.44. The van der Waals surface area contributed by atoms with Gasteiger partial charge in [-0.1, -0.05) is 13.5 Å². The van der Waals surface area contributed by atoms with E-state index in [-0.39, 0.29) is 5.57 Å². The Morgan fingerprint density at radius 2 is 1.73 bits per heavy atom. The fraction of sp³-hybridized carbons (Fsp3) is 0.571. The molecular formula is C7H14O4. The monoisotopic (exact) mass is 162 g/mol. The Labute approximate surface area is 65.8 Å². The van der Waals surface area contributed by atoms with E-state index in [9.17, 15) is 4.79 Å². The molecule has 0 heterocycles. The first-order valence-corrected chi connectivity index (χ1v) is 3.16. The first kappa shape index (κ1) is 12.8. The van der Waals surface area contributed by atoms with E-state index in [2.05, 4.69) is 6.58 Å². The molecule has 0 rings (SSSR count). The van der Waals surface area contributed by atoms with Crippen LogP contribution in [0.1, 0.15) is 20.3 Å². The molecule has 0 bridgehead atoms. The van der Waals surface area contributed by atoms with Crippen LogP contribution < -0.4 is 0 Å². The van der Waals surface area contributed by atoms with E-state index in [1.54, 1.807) is 6.92 Å². The molecule has 0 aromatic carbocycles. The van der Waals surface area contributed by atoms with Crippen molar-refractivity contribution in [1.82, 2.24) is 0 Å². The molecule has 0 aromatic heterocycles. The average Bonchev–Trinajstić information content (AvgIpc) is 1.89. The molecule has 0 fully saturated rings. The highest BCUT2D eigenvalue weighted by molar-refractivity contribution is 5.84. The van der Waals surface area contributed by atoms with Gasteiger partial charge in [-0.3, -0.25) is 0 Å². The van der Waals surface area contributed by atoms with E-state index in [4.69, 9.17) is 15.3 Å². The van der Waals surface area contributed by atoms with E-state index < -0.39 is 12.3 Å². The third kappa shape index (κ3) is 17.6. The van der Waals surface area contributed by atoms with Crippen molar-refractivity contribution in [3.63, 3.8) is 0 Å². The van der Waals surface area contributed by atoms with Crippen molar-refractivity contribution in [3.8, 4) is 0 Å². The number of rotatable bonds is 2. The summed E-state index contributed by atoms with van der Waals surface area (Å²) < 4.78 is 0. The van der Waals surface area contributed by atoms with E-state index in [0.717, 1.165) is 0 Å². The van der Waals surface area contributed by atoms with Gasteiger partial charge in [-0.15, -0.1) is 0 Å². The van der Waals surface area contributed by atoms with Crippen molar-refractivity contribution in [2.24, 2.45) is 0 Å². The summed E-state index contributed by atoms with van der Waals surface area (Å²) in [6.07, 6.45) is -0.699. The number of carboxylic acid groups (broad SMARTS) is 1. The molecule has 0 saturated carbocycles. The predicted octanol–water partition coefficient (Wildman–Crippen LogP) is 0.354. The van der Waals surface area contributed by atoms with Crippen LogP contribution in [0, 0.1) is 0 Å². The summed E-state index contributed by atoms with van der Waals surface area (Å²) in [5.74, 6) is -0.935. The SMILES string of the molecule is C=C(C)C(=O)O.CCC(O)O. The third-order valence-corrected chi connectivity index (χ3v) is 0.730. The van der Waals surface area contributed by atoms with Crippen LogP contribution in [0.3, 0.4) is 0 Å². The molecule has 0 atom stereocenters. The maximum absolute atomic E-state index is 9.60. The molecule has 0 radical (unpaired) electrons. The summed E-state index contributed by atoms with van der Waals surface area (Å²) in [6, 6.07) is 0. The van der Waals surface area contributed by atoms with Crippen LogP contribution in [-0.4, -0.2) is 27.6 Å². The van der Waals surface area contributed by atoms with Crippen LogP contribution >= 0.6 is 0 Å². The van der Waals surface area contributed by atoms with E-state index in [0.29, 0.717) is 6.42 Å². The number of aliphatic hydroxyl groups excluding tert-OH is 1. The number of hydrogen-bond donors (Lipinski definition) is 3. The Morgan fingerprint density at radius 1 is 1.55 bits per heavy atom. The summed E-state index contributed by atoms with van der Waals surface area (Å²) >= 11 is 0. The van der Waals surface area contributed by atoms with E-state index in [1.807, 2.05) is 0 Å². The number of aliphatic hydroxyl groups is 2. The zero-order valence-corrected chi connectivity index (χ0v) is 6.74. The standard InChI is InChI=1S/C4H6O2.C3H8O2/c1-3(2)4(5)6;1-2-3(4)5/h1H2,2H3,(H,5,6);3-5H,2H2,1H3. The van der Waals surface area contributed by atoms with Crippen LogP contribution in [0.15, 0.2) is 12.2 Å². The minimum absolute atomic E-state index is 0.176. The molecule has 0 aliphatic carbocycles. The van der Waals surface area contributed by atoms with Gasteiger partial charge in [0.05, 0.1) is 0 Å². The molecule has 0 saturated heterocycles. The summed E-state index contributed by atoms with van der Waals surface area (Å²) in [4.78, 5) is 9.60. The van der Waals surface area contributed by atoms with Crippen LogP contribution in [0.2, 0.25) is 0 Å². The molecular weight excluding hydrogens is 148 g/mol. The van der Waals surface area contributed by atoms with Crippen molar-refractivity contribution in [1.29, 1.82) is 0 Å².